The summed E-state index contributed by atoms with van der Waals surface area (Å²) in [6.07, 6.45) is 6.94. The molecule has 0 spiro atoms. The van der Waals surface area contributed by atoms with Gasteiger partial charge in [0.1, 0.15) is 0 Å². The molecule has 53 heavy (non-hydrogen) atoms. The van der Waals surface area contributed by atoms with Crippen molar-refractivity contribution in [2.45, 2.75) is 0 Å². The first-order chi connectivity index (χ1) is 23.6. The maximum atomic E-state index is 9.87. The molecule has 0 fully saturated rings. The van der Waals surface area contributed by atoms with E-state index in [1.54, 1.807) is 49.1 Å². The van der Waals surface area contributed by atoms with Crippen molar-refractivity contribution in [1.29, 1.82) is 0 Å². The van der Waals surface area contributed by atoms with E-state index in [4.69, 9.17) is 23.2 Å². The molecule has 0 unspecified atom stereocenters. The molecule has 0 saturated carbocycles. The second-order valence-corrected chi connectivity index (χ2v) is 14.6. The van der Waals surface area contributed by atoms with Crippen LogP contribution in [0.3, 0.4) is 0 Å². The van der Waals surface area contributed by atoms with Crippen LogP contribution in [-0.4, -0.2) is 29.9 Å². The van der Waals surface area contributed by atoms with Gasteiger partial charge in [-0.05, 0) is 72.8 Å². The van der Waals surface area contributed by atoms with Gasteiger partial charge in [-0.25, -0.2) is 9.97 Å². The van der Waals surface area contributed by atoms with Gasteiger partial charge in [0, 0.05) is 34.8 Å². The van der Waals surface area contributed by atoms with Crippen molar-refractivity contribution in [3.8, 4) is 45.6 Å². The molecule has 286 valence electrons. The van der Waals surface area contributed by atoms with E-state index in [-0.39, 0.29) is 19.5 Å². The third kappa shape index (κ3) is 22.1. The summed E-state index contributed by atoms with van der Waals surface area (Å²) in [4.78, 5) is 26.3. The van der Waals surface area contributed by atoms with Gasteiger partial charge in [-0.2, -0.15) is 0 Å². The number of halogens is 14. The van der Waals surface area contributed by atoms with Crippen LogP contribution in [-0.2, 0) is 19.5 Å². The number of rotatable bonds is 4. The van der Waals surface area contributed by atoms with E-state index in [2.05, 4.69) is 29.9 Å². The average molecular weight is 926 g/mol. The molecule has 23 heteroatoms. The Morgan fingerprint density at radius 2 is 0.528 bits per heavy atom. The van der Waals surface area contributed by atoms with Gasteiger partial charge in [0.05, 0.1) is 45.6 Å². The molecule has 0 N–H and O–H groups in total. The first kappa shape index (κ1) is 45.3. The third-order valence-corrected chi connectivity index (χ3v) is 5.73. The summed E-state index contributed by atoms with van der Waals surface area (Å²) in [6.45, 7) is 0. The summed E-state index contributed by atoms with van der Waals surface area (Å²) in [5.41, 5.74) is 6.15. The second kappa shape index (κ2) is 15.8. The predicted octanol–water partition coefficient (Wildman–Crippen LogP) is 14.5. The zero-order valence-corrected chi connectivity index (χ0v) is 30.8. The Morgan fingerprint density at radius 1 is 0.340 bits per heavy atom. The van der Waals surface area contributed by atoms with Crippen molar-refractivity contribution < 1.29 is 69.8 Å². The van der Waals surface area contributed by atoms with Gasteiger partial charge in [-0.1, -0.05) is 47.5 Å². The minimum Gasteiger partial charge on any atom is 2.00 e. The van der Waals surface area contributed by atoms with Gasteiger partial charge >= 0.3 is 85.5 Å². The maximum Gasteiger partial charge on any atom is 2.00 e. The van der Waals surface area contributed by atoms with Gasteiger partial charge in [0.25, 0.3) is 0 Å². The molecular weight excluding hydrogens is 906 g/mol. The molecule has 0 amide bonds. The zero-order valence-electron chi connectivity index (χ0n) is 25.8. The molecule has 6 aromatic rings. The standard InChI is InChI=1S/2C15H10ClN3.2F6P.Ru/c2*16-11-9-14(12-5-1-3-7-17-12)19-15(10-11)13-6-2-4-8-18-13;2*1-7(2,3,4,5)6;/h2*1-10H;;;/q;;2*-1;+2. The number of nitrogens with zero attached hydrogens (tertiary/aromatic N) is 6. The molecule has 0 bridgehead atoms. The van der Waals surface area contributed by atoms with E-state index in [0.29, 0.717) is 10.0 Å². The molecule has 0 radical (unpaired) electrons. The van der Waals surface area contributed by atoms with E-state index in [0.717, 1.165) is 45.6 Å². The maximum absolute atomic E-state index is 10.7. The Balaban J connectivity index is 0.000000269. The summed E-state index contributed by atoms with van der Waals surface area (Å²) in [5, 5.41) is 1.24. The summed E-state index contributed by atoms with van der Waals surface area (Å²) < 4.78 is 118. The van der Waals surface area contributed by atoms with Gasteiger partial charge < -0.3 is 0 Å². The van der Waals surface area contributed by atoms with Crippen molar-refractivity contribution in [1.82, 2.24) is 29.9 Å². The molecule has 6 aromatic heterocycles. The molecule has 6 rings (SSSR count). The minimum absolute atomic E-state index is 0. The molecule has 0 aliphatic heterocycles. The van der Waals surface area contributed by atoms with Crippen LogP contribution >= 0.6 is 38.8 Å². The topological polar surface area (TPSA) is 77.3 Å². The van der Waals surface area contributed by atoms with Crippen LogP contribution in [0.2, 0.25) is 10.0 Å². The Labute approximate surface area is 315 Å². The molecule has 0 aromatic carbocycles. The summed E-state index contributed by atoms with van der Waals surface area (Å²) in [5.74, 6) is 0. The molecule has 6 nitrogen and oxygen atoms in total. The summed E-state index contributed by atoms with van der Waals surface area (Å²) >= 11 is 12.3. The smallest absolute Gasteiger partial charge is 2.00 e. The first-order valence-electron chi connectivity index (χ1n) is 13.7. The fourth-order valence-electron chi connectivity index (χ4n) is 3.58. The predicted molar refractivity (Wildman–Crippen MR) is 179 cm³/mol. The van der Waals surface area contributed by atoms with Crippen molar-refractivity contribution in [2.24, 2.45) is 0 Å². The molecule has 0 atom stereocenters. The van der Waals surface area contributed by atoms with E-state index in [9.17, 15) is 50.4 Å². The molecule has 0 aliphatic carbocycles. The van der Waals surface area contributed by atoms with Crippen molar-refractivity contribution in [3.05, 3.63) is 132 Å². The van der Waals surface area contributed by atoms with Crippen LogP contribution < -0.4 is 0 Å². The second-order valence-electron chi connectivity index (χ2n) is 9.89. The number of pyridine rings is 6. The molecular formula is C30H20Cl2F12N6P2Ru. The molecule has 0 saturated heterocycles. The first-order valence-corrected chi connectivity index (χ1v) is 18.5. The third-order valence-electron chi connectivity index (χ3n) is 5.29. The Bertz CT molecular complexity index is 1800. The van der Waals surface area contributed by atoms with E-state index >= 15 is 0 Å². The monoisotopic (exact) mass is 926 g/mol. The quantitative estimate of drug-likeness (QED) is 0.0996. The van der Waals surface area contributed by atoms with Gasteiger partial charge in [-0.3, -0.25) is 19.9 Å². The fraction of sp³-hybridized carbons (Fsp3) is 0. The van der Waals surface area contributed by atoms with E-state index in [1.807, 2.05) is 72.8 Å². The largest absolute Gasteiger partial charge is 2.00 e. The summed E-state index contributed by atoms with van der Waals surface area (Å²) in [6, 6.07) is 30.0. The minimum atomic E-state index is -10.7. The van der Waals surface area contributed by atoms with Gasteiger partial charge in [-0.15, -0.1) is 0 Å². The fourth-order valence-corrected chi connectivity index (χ4v) is 3.99. The van der Waals surface area contributed by atoms with Crippen LogP contribution in [0.5, 0.6) is 0 Å². The van der Waals surface area contributed by atoms with Crippen LogP contribution in [0.4, 0.5) is 50.4 Å². The van der Waals surface area contributed by atoms with Crippen LogP contribution in [0.15, 0.2) is 122 Å². The average Bonchev–Trinajstić information content (AvgIpc) is 3.03. The summed E-state index contributed by atoms with van der Waals surface area (Å²) in [7, 11) is -21.3. The van der Waals surface area contributed by atoms with E-state index < -0.39 is 15.6 Å². The van der Waals surface area contributed by atoms with Gasteiger partial charge in [0.15, 0.2) is 0 Å². The molecule has 6 heterocycles. The van der Waals surface area contributed by atoms with Crippen LogP contribution in [0.25, 0.3) is 45.6 Å². The number of aromatic nitrogens is 6. The van der Waals surface area contributed by atoms with Crippen LogP contribution in [0.1, 0.15) is 0 Å². The Hall–Kier alpha value is -3.88. The SMILES string of the molecule is Clc1cc(-c2ccccn2)nc(-c2ccccn2)c1.Clc1cc(-c2ccccn2)nc(-c2ccccn2)c1.F[P-](F)(F)(F)(F)F.F[P-](F)(F)(F)(F)F.[Ru+2]. The Morgan fingerprint density at radius 3 is 0.679 bits per heavy atom. The number of hydrogen-bond donors (Lipinski definition) is 0. The molecule has 0 aliphatic rings. The van der Waals surface area contributed by atoms with Crippen LogP contribution in [0, 0.1) is 0 Å². The van der Waals surface area contributed by atoms with Gasteiger partial charge in [0.2, 0.25) is 0 Å². The van der Waals surface area contributed by atoms with E-state index in [1.165, 1.54) is 0 Å². The zero-order chi connectivity index (χ0) is 39.0. The van der Waals surface area contributed by atoms with Crippen molar-refractivity contribution in [2.75, 3.05) is 0 Å². The van der Waals surface area contributed by atoms with Crippen molar-refractivity contribution in [3.63, 3.8) is 0 Å². The van der Waals surface area contributed by atoms with Crippen molar-refractivity contribution >= 4 is 38.8 Å². The number of hydrogen-bond acceptors (Lipinski definition) is 6. The Kier molecular flexibility index (Phi) is 13.5. The normalized spacial score (nSPS) is 13.5.